The number of halogens is 3. The monoisotopic (exact) mass is 193 g/mol. The van der Waals surface area contributed by atoms with Gasteiger partial charge in [0, 0.05) is 7.05 Å². The van der Waals surface area contributed by atoms with E-state index in [1.54, 1.807) is 13.1 Å². The van der Waals surface area contributed by atoms with Crippen LogP contribution in [-0.4, -0.2) is 7.05 Å². The molecule has 1 N–H and O–H groups in total. The zero-order chi connectivity index (χ0) is 8.43. The molecule has 0 saturated carbocycles. The fourth-order valence-corrected chi connectivity index (χ4v) is 1.03. The van der Waals surface area contributed by atoms with E-state index in [4.69, 9.17) is 23.2 Å². The lowest BCUT2D eigenvalue weighted by Gasteiger charge is -2.03. The fraction of sp³-hybridized carbons (Fsp3) is 0.143. The minimum atomic E-state index is -0.512. The lowest BCUT2D eigenvalue weighted by Crippen LogP contribution is -1.92. The van der Waals surface area contributed by atoms with Crippen molar-refractivity contribution in [3.8, 4) is 0 Å². The summed E-state index contributed by atoms with van der Waals surface area (Å²) >= 11 is 11.1. The number of nitrogens with one attached hydrogen (secondary N) is 1. The molecular formula is C7H6Cl2FN. The second kappa shape index (κ2) is 3.28. The van der Waals surface area contributed by atoms with Crippen LogP contribution in [0.3, 0.4) is 0 Å². The van der Waals surface area contributed by atoms with Crippen molar-refractivity contribution < 1.29 is 4.39 Å². The Morgan fingerprint density at radius 3 is 2.55 bits per heavy atom. The zero-order valence-electron chi connectivity index (χ0n) is 5.79. The predicted molar refractivity (Wildman–Crippen MR) is 46.0 cm³/mol. The first-order valence-electron chi connectivity index (χ1n) is 2.98. The standard InChI is InChI=1S/C7H6Cl2FN/c1-11-5-3-2-4(8)6(9)7(5)10/h2-3,11H,1H3. The Morgan fingerprint density at radius 1 is 1.36 bits per heavy atom. The van der Waals surface area contributed by atoms with E-state index in [2.05, 4.69) is 5.32 Å². The largest absolute Gasteiger partial charge is 0.386 e. The molecule has 0 spiro atoms. The Balaban J connectivity index is 3.25. The van der Waals surface area contributed by atoms with Crippen molar-refractivity contribution in [3.05, 3.63) is 28.0 Å². The molecule has 1 aromatic carbocycles. The highest BCUT2D eigenvalue weighted by Gasteiger charge is 2.08. The molecule has 0 aliphatic rings. The van der Waals surface area contributed by atoms with E-state index in [1.807, 2.05) is 0 Å². The third-order valence-corrected chi connectivity index (χ3v) is 2.09. The topological polar surface area (TPSA) is 12.0 Å². The number of benzene rings is 1. The third kappa shape index (κ3) is 1.57. The molecule has 0 aromatic heterocycles. The predicted octanol–water partition coefficient (Wildman–Crippen LogP) is 3.17. The van der Waals surface area contributed by atoms with Crippen LogP contribution in [0.2, 0.25) is 10.0 Å². The number of hydrogen-bond acceptors (Lipinski definition) is 1. The van der Waals surface area contributed by atoms with Gasteiger partial charge in [0.15, 0.2) is 5.82 Å². The molecule has 0 atom stereocenters. The molecule has 11 heavy (non-hydrogen) atoms. The molecule has 1 nitrogen and oxygen atoms in total. The molecule has 1 rings (SSSR count). The molecule has 0 unspecified atom stereocenters. The van der Waals surface area contributed by atoms with Gasteiger partial charge in [-0.05, 0) is 12.1 Å². The van der Waals surface area contributed by atoms with Gasteiger partial charge in [0.1, 0.15) is 0 Å². The van der Waals surface area contributed by atoms with Crippen LogP contribution in [-0.2, 0) is 0 Å². The van der Waals surface area contributed by atoms with Crippen LogP contribution in [0, 0.1) is 5.82 Å². The van der Waals surface area contributed by atoms with Crippen LogP contribution in [0.25, 0.3) is 0 Å². The highest BCUT2D eigenvalue weighted by molar-refractivity contribution is 6.42. The summed E-state index contributed by atoms with van der Waals surface area (Å²) in [4.78, 5) is 0. The summed E-state index contributed by atoms with van der Waals surface area (Å²) in [7, 11) is 1.61. The van der Waals surface area contributed by atoms with Crippen molar-refractivity contribution in [1.29, 1.82) is 0 Å². The van der Waals surface area contributed by atoms with Crippen molar-refractivity contribution in [2.24, 2.45) is 0 Å². The van der Waals surface area contributed by atoms with Crippen LogP contribution in [0.15, 0.2) is 12.1 Å². The third-order valence-electron chi connectivity index (χ3n) is 1.30. The van der Waals surface area contributed by atoms with Gasteiger partial charge in [-0.25, -0.2) is 4.39 Å². The summed E-state index contributed by atoms with van der Waals surface area (Å²) in [5.41, 5.74) is 0.347. The van der Waals surface area contributed by atoms with Gasteiger partial charge in [-0.3, -0.25) is 0 Å². The van der Waals surface area contributed by atoms with Gasteiger partial charge in [-0.1, -0.05) is 23.2 Å². The van der Waals surface area contributed by atoms with E-state index in [0.29, 0.717) is 5.69 Å². The SMILES string of the molecule is CNc1ccc(Cl)c(Cl)c1F. The molecule has 1 aromatic rings. The maximum absolute atomic E-state index is 13.0. The first kappa shape index (κ1) is 8.62. The van der Waals surface area contributed by atoms with Crippen molar-refractivity contribution in [2.45, 2.75) is 0 Å². The molecular weight excluding hydrogens is 188 g/mol. The van der Waals surface area contributed by atoms with Crippen molar-refractivity contribution in [2.75, 3.05) is 12.4 Å². The zero-order valence-corrected chi connectivity index (χ0v) is 7.30. The molecule has 60 valence electrons. The van der Waals surface area contributed by atoms with Crippen LogP contribution < -0.4 is 5.32 Å². The van der Waals surface area contributed by atoms with Crippen LogP contribution >= 0.6 is 23.2 Å². The molecule has 0 saturated heterocycles. The van der Waals surface area contributed by atoms with Gasteiger partial charge in [0.2, 0.25) is 0 Å². The Kier molecular flexibility index (Phi) is 2.58. The Morgan fingerprint density at radius 2 is 2.00 bits per heavy atom. The van der Waals surface area contributed by atoms with Crippen molar-refractivity contribution in [3.63, 3.8) is 0 Å². The van der Waals surface area contributed by atoms with E-state index < -0.39 is 5.82 Å². The minimum absolute atomic E-state index is 0.0430. The van der Waals surface area contributed by atoms with Crippen molar-refractivity contribution >= 4 is 28.9 Å². The number of anilines is 1. The van der Waals surface area contributed by atoms with E-state index in [1.165, 1.54) is 6.07 Å². The van der Waals surface area contributed by atoms with E-state index in [0.717, 1.165) is 0 Å². The summed E-state index contributed by atoms with van der Waals surface area (Å²) in [6, 6.07) is 3.07. The summed E-state index contributed by atoms with van der Waals surface area (Å²) in [5, 5.41) is 2.83. The number of hydrogen-bond donors (Lipinski definition) is 1. The molecule has 0 fully saturated rings. The van der Waals surface area contributed by atoms with Gasteiger partial charge in [0.05, 0.1) is 15.7 Å². The van der Waals surface area contributed by atoms with Crippen LogP contribution in [0.5, 0.6) is 0 Å². The van der Waals surface area contributed by atoms with Crippen molar-refractivity contribution in [1.82, 2.24) is 0 Å². The molecule has 0 amide bonds. The molecule has 0 radical (unpaired) electrons. The highest BCUT2D eigenvalue weighted by Crippen LogP contribution is 2.29. The molecule has 0 heterocycles. The second-order valence-electron chi connectivity index (χ2n) is 1.97. The van der Waals surface area contributed by atoms with E-state index in [9.17, 15) is 4.39 Å². The number of rotatable bonds is 1. The summed E-state index contributed by atoms with van der Waals surface area (Å²) in [5.74, 6) is -0.512. The average molecular weight is 194 g/mol. The Bertz CT molecular complexity index is 275. The second-order valence-corrected chi connectivity index (χ2v) is 2.76. The maximum atomic E-state index is 13.0. The molecule has 0 aliphatic carbocycles. The average Bonchev–Trinajstić information content (AvgIpc) is 2.01. The van der Waals surface area contributed by atoms with Crippen LogP contribution in [0.1, 0.15) is 0 Å². The molecule has 0 aliphatic heterocycles. The fourth-order valence-electron chi connectivity index (χ4n) is 0.719. The van der Waals surface area contributed by atoms with Gasteiger partial charge in [-0.15, -0.1) is 0 Å². The first-order chi connectivity index (χ1) is 5.16. The quantitative estimate of drug-likeness (QED) is 0.677. The van der Waals surface area contributed by atoms with E-state index >= 15 is 0 Å². The minimum Gasteiger partial charge on any atom is -0.386 e. The maximum Gasteiger partial charge on any atom is 0.166 e. The highest BCUT2D eigenvalue weighted by atomic mass is 35.5. The van der Waals surface area contributed by atoms with Gasteiger partial charge >= 0.3 is 0 Å². The summed E-state index contributed by atoms with van der Waals surface area (Å²) in [6.07, 6.45) is 0. The smallest absolute Gasteiger partial charge is 0.166 e. The lowest BCUT2D eigenvalue weighted by molar-refractivity contribution is 0.632. The molecule has 4 heteroatoms. The Labute approximate surface area is 74.1 Å². The van der Waals surface area contributed by atoms with Gasteiger partial charge in [-0.2, -0.15) is 0 Å². The molecule has 0 bridgehead atoms. The normalized spacial score (nSPS) is 9.82. The Hall–Kier alpha value is -0.470. The van der Waals surface area contributed by atoms with Crippen LogP contribution in [0.4, 0.5) is 10.1 Å². The van der Waals surface area contributed by atoms with Gasteiger partial charge in [0.25, 0.3) is 0 Å². The van der Waals surface area contributed by atoms with Gasteiger partial charge < -0.3 is 5.32 Å². The summed E-state index contributed by atoms with van der Waals surface area (Å²) < 4.78 is 13.0. The lowest BCUT2D eigenvalue weighted by atomic mass is 10.3. The first-order valence-corrected chi connectivity index (χ1v) is 3.73. The summed E-state index contributed by atoms with van der Waals surface area (Å²) in [6.45, 7) is 0. The van der Waals surface area contributed by atoms with E-state index in [-0.39, 0.29) is 10.0 Å².